The second-order valence-corrected chi connectivity index (χ2v) is 6.00. The summed E-state index contributed by atoms with van der Waals surface area (Å²) in [6.45, 7) is 2.21. The lowest BCUT2D eigenvalue weighted by Gasteiger charge is -2.06. The number of carbonyl (C=O) groups is 1. The minimum atomic E-state index is -0.266. The molecule has 0 heterocycles. The summed E-state index contributed by atoms with van der Waals surface area (Å²) >= 11 is 5.42. The van der Waals surface area contributed by atoms with Crippen molar-refractivity contribution in [3.8, 4) is 0 Å². The van der Waals surface area contributed by atoms with Crippen molar-refractivity contribution in [3.05, 3.63) is 33.8 Å². The first-order valence-corrected chi connectivity index (χ1v) is 8.01. The fourth-order valence-electron chi connectivity index (χ4n) is 1.53. The highest BCUT2D eigenvalue weighted by molar-refractivity contribution is 9.10. The molecule has 0 aliphatic heterocycles. The Balaban J connectivity index is 2.49. The molecule has 1 aromatic rings. The normalized spacial score (nSPS) is 10.4. The summed E-state index contributed by atoms with van der Waals surface area (Å²) in [6.07, 6.45) is 3.82. The van der Waals surface area contributed by atoms with Gasteiger partial charge in [-0.05, 0) is 29.9 Å². The quantitative estimate of drug-likeness (QED) is 0.348. The molecule has 100 valence electrons. The number of hydrogen-bond acceptors (Lipinski definition) is 3. The van der Waals surface area contributed by atoms with Gasteiger partial charge in [-0.3, -0.25) is 10.2 Å². The van der Waals surface area contributed by atoms with E-state index in [0.29, 0.717) is 5.56 Å². The predicted molar refractivity (Wildman–Crippen MR) is 81.5 cm³/mol. The maximum atomic E-state index is 11.3. The molecule has 1 amide bonds. The first-order chi connectivity index (χ1) is 8.69. The van der Waals surface area contributed by atoms with Crippen LogP contribution in [0.3, 0.4) is 0 Å². The molecule has 0 saturated carbocycles. The van der Waals surface area contributed by atoms with Crippen LogP contribution < -0.4 is 11.3 Å². The first-order valence-electron chi connectivity index (χ1n) is 6.06. The van der Waals surface area contributed by atoms with Gasteiger partial charge in [0.25, 0.3) is 5.91 Å². The number of nitrogen functional groups attached to an aromatic ring is 1. The summed E-state index contributed by atoms with van der Waals surface area (Å²) in [4.78, 5) is 11.3. The van der Waals surface area contributed by atoms with Crippen LogP contribution in [0.2, 0.25) is 0 Å². The summed E-state index contributed by atoms with van der Waals surface area (Å²) in [5.74, 6) is 6.99. The van der Waals surface area contributed by atoms with Crippen molar-refractivity contribution >= 4 is 33.6 Å². The molecule has 18 heavy (non-hydrogen) atoms. The van der Waals surface area contributed by atoms with Crippen molar-refractivity contribution in [1.29, 1.82) is 0 Å². The van der Waals surface area contributed by atoms with E-state index in [1.807, 2.05) is 23.9 Å². The Morgan fingerprint density at radius 3 is 2.83 bits per heavy atom. The molecule has 0 bridgehead atoms. The Morgan fingerprint density at radius 2 is 2.22 bits per heavy atom. The molecule has 0 aliphatic carbocycles. The molecule has 0 atom stereocenters. The molecule has 3 nitrogen and oxygen atoms in total. The van der Waals surface area contributed by atoms with E-state index in [2.05, 4.69) is 28.3 Å². The van der Waals surface area contributed by atoms with E-state index in [4.69, 9.17) is 5.84 Å². The van der Waals surface area contributed by atoms with Crippen molar-refractivity contribution in [2.45, 2.75) is 31.9 Å². The second kappa shape index (κ2) is 8.56. The maximum Gasteiger partial charge on any atom is 0.265 e. The molecular formula is C13H19BrN2OS. The molecule has 3 N–H and O–H groups in total. The Morgan fingerprint density at radius 1 is 1.44 bits per heavy atom. The van der Waals surface area contributed by atoms with Crippen LogP contribution in [0.25, 0.3) is 0 Å². The van der Waals surface area contributed by atoms with E-state index < -0.39 is 0 Å². The zero-order valence-corrected chi connectivity index (χ0v) is 12.9. The molecule has 0 aliphatic rings. The number of rotatable bonds is 7. The van der Waals surface area contributed by atoms with Gasteiger partial charge < -0.3 is 0 Å². The Labute approximate surface area is 121 Å². The van der Waals surface area contributed by atoms with Crippen molar-refractivity contribution in [2.24, 2.45) is 5.84 Å². The third-order valence-electron chi connectivity index (χ3n) is 2.60. The van der Waals surface area contributed by atoms with Crippen LogP contribution in [-0.4, -0.2) is 11.7 Å². The van der Waals surface area contributed by atoms with Crippen LogP contribution in [0, 0.1) is 0 Å². The number of nitrogens with two attached hydrogens (primary N) is 1. The third kappa shape index (κ3) is 5.00. The minimum Gasteiger partial charge on any atom is -0.290 e. The van der Waals surface area contributed by atoms with Gasteiger partial charge in [-0.1, -0.05) is 41.8 Å². The van der Waals surface area contributed by atoms with Gasteiger partial charge in [0.1, 0.15) is 0 Å². The SMILES string of the molecule is CCCCCSCc1ccc(C(=O)NN)cc1Br. The van der Waals surface area contributed by atoms with Gasteiger partial charge in [-0.15, -0.1) is 0 Å². The number of benzene rings is 1. The number of thioether (sulfide) groups is 1. The Hall–Kier alpha value is -0.520. The minimum absolute atomic E-state index is 0.266. The van der Waals surface area contributed by atoms with Crippen LogP contribution >= 0.6 is 27.7 Å². The highest BCUT2D eigenvalue weighted by Crippen LogP contribution is 2.23. The molecule has 0 fully saturated rings. The molecular weight excluding hydrogens is 312 g/mol. The Bertz CT molecular complexity index is 399. The number of unbranched alkanes of at least 4 members (excludes halogenated alkanes) is 2. The second-order valence-electron chi connectivity index (χ2n) is 4.04. The van der Waals surface area contributed by atoms with Gasteiger partial charge >= 0.3 is 0 Å². The summed E-state index contributed by atoms with van der Waals surface area (Å²) < 4.78 is 0.964. The zero-order valence-electron chi connectivity index (χ0n) is 10.5. The molecule has 0 aromatic heterocycles. The fraction of sp³-hybridized carbons (Fsp3) is 0.462. The molecule has 0 saturated heterocycles. The van der Waals surface area contributed by atoms with Crippen molar-refractivity contribution in [1.82, 2.24) is 5.43 Å². The highest BCUT2D eigenvalue weighted by atomic mass is 79.9. The number of hydrazine groups is 1. The largest absolute Gasteiger partial charge is 0.290 e. The molecule has 1 aromatic carbocycles. The average molecular weight is 331 g/mol. The van der Waals surface area contributed by atoms with E-state index in [1.54, 1.807) is 6.07 Å². The van der Waals surface area contributed by atoms with Crippen LogP contribution in [0.15, 0.2) is 22.7 Å². The molecule has 5 heteroatoms. The Kier molecular flexibility index (Phi) is 7.39. The molecule has 0 spiro atoms. The third-order valence-corrected chi connectivity index (χ3v) is 4.43. The number of hydrogen-bond donors (Lipinski definition) is 2. The van der Waals surface area contributed by atoms with Crippen molar-refractivity contribution in [3.63, 3.8) is 0 Å². The number of halogens is 1. The average Bonchev–Trinajstić information content (AvgIpc) is 2.39. The van der Waals surface area contributed by atoms with Crippen LogP contribution in [0.4, 0.5) is 0 Å². The van der Waals surface area contributed by atoms with E-state index in [-0.39, 0.29) is 5.91 Å². The van der Waals surface area contributed by atoms with Gasteiger partial charge in [0.15, 0.2) is 0 Å². The fourth-order valence-corrected chi connectivity index (χ4v) is 3.25. The summed E-state index contributed by atoms with van der Waals surface area (Å²) in [5.41, 5.74) is 3.92. The molecule has 0 radical (unpaired) electrons. The van der Waals surface area contributed by atoms with Gasteiger partial charge in [0.2, 0.25) is 0 Å². The summed E-state index contributed by atoms with van der Waals surface area (Å²) in [5, 5.41) is 0. The smallest absolute Gasteiger partial charge is 0.265 e. The van der Waals surface area contributed by atoms with Gasteiger partial charge in [0.05, 0.1) is 0 Å². The van der Waals surface area contributed by atoms with Gasteiger partial charge in [-0.2, -0.15) is 11.8 Å². The van der Waals surface area contributed by atoms with Crippen molar-refractivity contribution in [2.75, 3.05) is 5.75 Å². The number of amides is 1. The van der Waals surface area contributed by atoms with E-state index in [0.717, 1.165) is 10.2 Å². The maximum absolute atomic E-state index is 11.3. The molecule has 1 rings (SSSR count). The summed E-state index contributed by atoms with van der Waals surface area (Å²) in [7, 11) is 0. The van der Waals surface area contributed by atoms with Gasteiger partial charge in [0, 0.05) is 15.8 Å². The first kappa shape index (κ1) is 15.5. The predicted octanol–water partition coefficient (Wildman–Crippen LogP) is 3.48. The van der Waals surface area contributed by atoms with E-state index >= 15 is 0 Å². The molecule has 0 unspecified atom stereocenters. The van der Waals surface area contributed by atoms with Crippen LogP contribution in [0.1, 0.15) is 42.1 Å². The zero-order chi connectivity index (χ0) is 13.4. The number of nitrogens with one attached hydrogen (secondary N) is 1. The van der Waals surface area contributed by atoms with Gasteiger partial charge in [-0.25, -0.2) is 5.84 Å². The van der Waals surface area contributed by atoms with E-state index in [9.17, 15) is 4.79 Å². The number of carbonyl (C=O) groups excluding carboxylic acids is 1. The van der Waals surface area contributed by atoms with Crippen LogP contribution in [0.5, 0.6) is 0 Å². The standard InChI is InChI=1S/C13H19BrN2OS/c1-2-3-4-7-18-9-11-6-5-10(8-12(11)14)13(17)16-15/h5-6,8H,2-4,7,9,15H2,1H3,(H,16,17). The highest BCUT2D eigenvalue weighted by Gasteiger charge is 2.07. The lowest BCUT2D eigenvalue weighted by molar-refractivity contribution is 0.0953. The topological polar surface area (TPSA) is 55.1 Å². The lowest BCUT2D eigenvalue weighted by Crippen LogP contribution is -2.29. The summed E-state index contributed by atoms with van der Waals surface area (Å²) in [6, 6.07) is 5.58. The van der Waals surface area contributed by atoms with Crippen molar-refractivity contribution < 1.29 is 4.79 Å². The van der Waals surface area contributed by atoms with Crippen LogP contribution in [-0.2, 0) is 5.75 Å². The van der Waals surface area contributed by atoms with E-state index in [1.165, 1.54) is 30.6 Å². The monoisotopic (exact) mass is 330 g/mol. The lowest BCUT2D eigenvalue weighted by atomic mass is 10.1.